The highest BCUT2D eigenvalue weighted by Gasteiger charge is 2.07. The van der Waals surface area contributed by atoms with Gasteiger partial charge < -0.3 is 14.8 Å². The monoisotopic (exact) mass is 231 g/mol. The van der Waals surface area contributed by atoms with Crippen LogP contribution in [0.1, 0.15) is 32.6 Å². The third kappa shape index (κ3) is 9.45. The van der Waals surface area contributed by atoms with Gasteiger partial charge in [-0.05, 0) is 33.4 Å². The molecule has 16 heavy (non-hydrogen) atoms. The van der Waals surface area contributed by atoms with Crippen LogP contribution in [0.2, 0.25) is 0 Å². The number of nitrogens with one attached hydrogen (secondary N) is 1. The fraction of sp³-hybridized carbons (Fsp3) is 0.818. The maximum atomic E-state index is 11.1. The predicted octanol–water partition coefficient (Wildman–Crippen LogP) is 0.872. The Labute approximate surface area is 96.5 Å². The summed E-state index contributed by atoms with van der Waals surface area (Å²) in [7, 11) is 1.88. The van der Waals surface area contributed by atoms with Crippen LogP contribution in [-0.2, 0) is 19.1 Å². The predicted molar refractivity (Wildman–Crippen MR) is 60.0 cm³/mol. The van der Waals surface area contributed by atoms with Crippen LogP contribution in [0.15, 0.2) is 0 Å². The smallest absolute Gasteiger partial charge is 0.306 e. The van der Waals surface area contributed by atoms with Crippen molar-refractivity contribution in [3.05, 3.63) is 0 Å². The summed E-state index contributed by atoms with van der Waals surface area (Å²) in [6, 6.07) is 0. The summed E-state index contributed by atoms with van der Waals surface area (Å²) in [5, 5.41) is 3.01. The van der Waals surface area contributed by atoms with Crippen molar-refractivity contribution in [3.63, 3.8) is 0 Å². The SMILES string of the molecule is CCOC(=O)CCC(=O)OCCCCNC. The van der Waals surface area contributed by atoms with Gasteiger partial charge in [-0.25, -0.2) is 0 Å². The van der Waals surface area contributed by atoms with Crippen molar-refractivity contribution in [2.75, 3.05) is 26.8 Å². The van der Waals surface area contributed by atoms with Crippen LogP contribution >= 0.6 is 0 Å². The number of unbranched alkanes of at least 4 members (excludes halogenated alkanes) is 1. The van der Waals surface area contributed by atoms with E-state index in [0.717, 1.165) is 19.4 Å². The first-order chi connectivity index (χ1) is 7.70. The quantitative estimate of drug-likeness (QED) is 0.471. The highest BCUT2D eigenvalue weighted by Crippen LogP contribution is 1.97. The van der Waals surface area contributed by atoms with Gasteiger partial charge in [0, 0.05) is 0 Å². The van der Waals surface area contributed by atoms with Gasteiger partial charge >= 0.3 is 11.9 Å². The molecule has 94 valence electrons. The topological polar surface area (TPSA) is 64.6 Å². The number of carbonyl (C=O) groups is 2. The van der Waals surface area contributed by atoms with Gasteiger partial charge in [0.2, 0.25) is 0 Å². The van der Waals surface area contributed by atoms with E-state index in [-0.39, 0.29) is 24.8 Å². The summed E-state index contributed by atoms with van der Waals surface area (Å²) in [5.41, 5.74) is 0. The van der Waals surface area contributed by atoms with Crippen molar-refractivity contribution in [2.24, 2.45) is 0 Å². The first-order valence-corrected chi connectivity index (χ1v) is 5.66. The third-order valence-corrected chi connectivity index (χ3v) is 1.92. The Hall–Kier alpha value is -1.10. The highest BCUT2D eigenvalue weighted by molar-refractivity contribution is 5.77. The lowest BCUT2D eigenvalue weighted by molar-refractivity contribution is -0.150. The van der Waals surface area contributed by atoms with Crippen molar-refractivity contribution >= 4 is 11.9 Å². The van der Waals surface area contributed by atoms with Gasteiger partial charge in [0.05, 0.1) is 26.1 Å². The number of carbonyl (C=O) groups excluding carboxylic acids is 2. The molecule has 0 saturated heterocycles. The molecule has 0 aliphatic carbocycles. The summed E-state index contributed by atoms with van der Waals surface area (Å²) >= 11 is 0. The van der Waals surface area contributed by atoms with Gasteiger partial charge in [0.15, 0.2) is 0 Å². The molecule has 0 aromatic rings. The summed E-state index contributed by atoms with van der Waals surface area (Å²) < 4.78 is 9.64. The molecule has 0 heterocycles. The molecule has 0 aromatic heterocycles. The van der Waals surface area contributed by atoms with E-state index in [2.05, 4.69) is 5.32 Å². The Bertz CT molecular complexity index is 206. The van der Waals surface area contributed by atoms with Crippen LogP contribution in [0.5, 0.6) is 0 Å². The third-order valence-electron chi connectivity index (χ3n) is 1.92. The largest absolute Gasteiger partial charge is 0.466 e. The second kappa shape index (κ2) is 10.4. The van der Waals surface area contributed by atoms with Gasteiger partial charge in [-0.3, -0.25) is 9.59 Å². The Morgan fingerprint density at radius 3 is 2.25 bits per heavy atom. The zero-order chi connectivity index (χ0) is 12.2. The second-order valence-electron chi connectivity index (χ2n) is 3.34. The molecule has 0 spiro atoms. The lowest BCUT2D eigenvalue weighted by atomic mass is 10.3. The van der Waals surface area contributed by atoms with E-state index < -0.39 is 0 Å². The lowest BCUT2D eigenvalue weighted by Gasteiger charge is -2.04. The van der Waals surface area contributed by atoms with Crippen LogP contribution in [-0.4, -0.2) is 38.7 Å². The zero-order valence-corrected chi connectivity index (χ0v) is 10.1. The van der Waals surface area contributed by atoms with Crippen molar-refractivity contribution < 1.29 is 19.1 Å². The van der Waals surface area contributed by atoms with E-state index in [1.807, 2.05) is 7.05 Å². The van der Waals surface area contributed by atoms with E-state index in [1.54, 1.807) is 6.92 Å². The van der Waals surface area contributed by atoms with Gasteiger partial charge in [0.1, 0.15) is 0 Å². The molecular formula is C11H21NO4. The Morgan fingerprint density at radius 1 is 1.06 bits per heavy atom. The van der Waals surface area contributed by atoms with Crippen LogP contribution < -0.4 is 5.32 Å². The molecule has 0 rings (SSSR count). The number of esters is 2. The van der Waals surface area contributed by atoms with Gasteiger partial charge in [-0.15, -0.1) is 0 Å². The molecule has 0 aliphatic rings. The van der Waals surface area contributed by atoms with Crippen molar-refractivity contribution in [2.45, 2.75) is 32.6 Å². The summed E-state index contributed by atoms with van der Waals surface area (Å²) in [6.07, 6.45) is 2.02. The molecule has 5 nitrogen and oxygen atoms in total. The molecule has 0 aliphatic heterocycles. The lowest BCUT2D eigenvalue weighted by Crippen LogP contribution is -2.12. The molecule has 0 atom stereocenters. The molecule has 1 N–H and O–H groups in total. The second-order valence-corrected chi connectivity index (χ2v) is 3.34. The molecule has 0 unspecified atom stereocenters. The highest BCUT2D eigenvalue weighted by atomic mass is 16.5. The Morgan fingerprint density at radius 2 is 1.69 bits per heavy atom. The standard InChI is InChI=1S/C11H21NO4/c1-3-15-10(13)6-7-11(14)16-9-5-4-8-12-2/h12H,3-9H2,1-2H3. The van der Waals surface area contributed by atoms with E-state index in [4.69, 9.17) is 9.47 Å². The van der Waals surface area contributed by atoms with Gasteiger partial charge in [0.25, 0.3) is 0 Å². The molecule has 5 heteroatoms. The van der Waals surface area contributed by atoms with Gasteiger partial charge in [-0.1, -0.05) is 0 Å². The minimum absolute atomic E-state index is 0.100. The van der Waals surface area contributed by atoms with Crippen LogP contribution in [0, 0.1) is 0 Å². The van der Waals surface area contributed by atoms with Crippen LogP contribution in [0.25, 0.3) is 0 Å². The van der Waals surface area contributed by atoms with Crippen LogP contribution in [0.4, 0.5) is 0 Å². The maximum absolute atomic E-state index is 11.1. The van der Waals surface area contributed by atoms with Crippen molar-refractivity contribution in [1.82, 2.24) is 5.32 Å². The molecule has 0 radical (unpaired) electrons. The van der Waals surface area contributed by atoms with Crippen molar-refractivity contribution in [3.8, 4) is 0 Å². The molecule has 0 fully saturated rings. The molecule has 0 bridgehead atoms. The average molecular weight is 231 g/mol. The van der Waals surface area contributed by atoms with E-state index in [9.17, 15) is 9.59 Å². The fourth-order valence-corrected chi connectivity index (χ4v) is 1.10. The molecule has 0 aromatic carbocycles. The number of rotatable bonds is 9. The minimum Gasteiger partial charge on any atom is -0.466 e. The number of hydrogen-bond acceptors (Lipinski definition) is 5. The van der Waals surface area contributed by atoms with E-state index in [1.165, 1.54) is 0 Å². The minimum atomic E-state index is -0.352. The summed E-state index contributed by atoms with van der Waals surface area (Å²) in [4.78, 5) is 22.1. The Balaban J connectivity index is 3.34. The first kappa shape index (κ1) is 14.9. The van der Waals surface area contributed by atoms with E-state index >= 15 is 0 Å². The van der Waals surface area contributed by atoms with Crippen molar-refractivity contribution in [1.29, 1.82) is 0 Å². The first-order valence-electron chi connectivity index (χ1n) is 5.66. The number of hydrogen-bond donors (Lipinski definition) is 1. The fourth-order valence-electron chi connectivity index (χ4n) is 1.10. The molecule has 0 saturated carbocycles. The maximum Gasteiger partial charge on any atom is 0.306 e. The van der Waals surface area contributed by atoms with Crippen LogP contribution in [0.3, 0.4) is 0 Å². The molecule has 0 amide bonds. The average Bonchev–Trinajstić information content (AvgIpc) is 2.26. The number of ether oxygens (including phenoxy) is 2. The Kier molecular flexibility index (Phi) is 9.70. The zero-order valence-electron chi connectivity index (χ0n) is 10.1. The summed E-state index contributed by atoms with van der Waals surface area (Å²) in [6.45, 7) is 3.42. The summed E-state index contributed by atoms with van der Waals surface area (Å²) in [5.74, 6) is -0.688. The van der Waals surface area contributed by atoms with Gasteiger partial charge in [-0.2, -0.15) is 0 Å². The van der Waals surface area contributed by atoms with E-state index in [0.29, 0.717) is 13.2 Å². The normalized spacial score (nSPS) is 9.88. The molecular weight excluding hydrogens is 210 g/mol.